The summed E-state index contributed by atoms with van der Waals surface area (Å²) in [6.07, 6.45) is 0. The molecule has 0 atom stereocenters. The normalized spacial score (nSPS) is 9.08. The molecule has 0 spiro atoms. The SMILES string of the molecule is COc1ccc(B(O)O)c(C#N)n1. The Kier molecular flexibility index (Phi) is 2.85. The summed E-state index contributed by atoms with van der Waals surface area (Å²) in [5, 5.41) is 26.2. The van der Waals surface area contributed by atoms with Gasteiger partial charge in [0.05, 0.1) is 7.11 Å². The topological polar surface area (TPSA) is 86.4 Å². The minimum absolute atomic E-state index is 0.0469. The Morgan fingerprint density at radius 1 is 1.54 bits per heavy atom. The minimum atomic E-state index is -1.69. The summed E-state index contributed by atoms with van der Waals surface area (Å²) in [5.41, 5.74) is 0.0256. The zero-order valence-corrected chi connectivity index (χ0v) is 6.93. The van der Waals surface area contributed by atoms with Crippen LogP contribution in [0, 0.1) is 11.3 Å². The third-order valence-electron chi connectivity index (χ3n) is 1.49. The summed E-state index contributed by atoms with van der Waals surface area (Å²) >= 11 is 0. The number of aromatic nitrogens is 1. The fourth-order valence-electron chi connectivity index (χ4n) is 0.864. The molecule has 0 saturated carbocycles. The molecule has 0 aliphatic heterocycles. The number of hydrogen-bond acceptors (Lipinski definition) is 5. The summed E-state index contributed by atoms with van der Waals surface area (Å²) < 4.78 is 4.77. The van der Waals surface area contributed by atoms with E-state index in [1.807, 2.05) is 0 Å². The number of rotatable bonds is 2. The Morgan fingerprint density at radius 3 is 2.69 bits per heavy atom. The fraction of sp³-hybridized carbons (Fsp3) is 0.143. The van der Waals surface area contributed by atoms with E-state index >= 15 is 0 Å². The zero-order chi connectivity index (χ0) is 9.84. The average Bonchev–Trinajstić information content (AvgIpc) is 2.16. The first kappa shape index (κ1) is 9.51. The highest BCUT2D eigenvalue weighted by Crippen LogP contribution is 2.04. The number of methoxy groups -OCH3 is 1. The van der Waals surface area contributed by atoms with Crippen LogP contribution >= 0.6 is 0 Å². The Morgan fingerprint density at radius 2 is 2.23 bits per heavy atom. The maximum atomic E-state index is 8.82. The minimum Gasteiger partial charge on any atom is -0.481 e. The van der Waals surface area contributed by atoms with E-state index in [2.05, 4.69) is 4.98 Å². The Bertz CT molecular complexity index is 348. The lowest BCUT2D eigenvalue weighted by Gasteiger charge is -2.03. The van der Waals surface area contributed by atoms with Gasteiger partial charge in [-0.15, -0.1) is 0 Å². The molecule has 6 heteroatoms. The quantitative estimate of drug-likeness (QED) is 0.546. The van der Waals surface area contributed by atoms with Crippen LogP contribution in [0.1, 0.15) is 5.69 Å². The van der Waals surface area contributed by atoms with E-state index in [9.17, 15) is 0 Å². The number of nitrogens with zero attached hydrogens (tertiary/aromatic N) is 2. The molecular weight excluding hydrogens is 171 g/mol. The van der Waals surface area contributed by atoms with Gasteiger partial charge in [-0.1, -0.05) is 6.07 Å². The molecule has 0 aliphatic carbocycles. The molecule has 2 N–H and O–H groups in total. The van der Waals surface area contributed by atoms with E-state index in [4.69, 9.17) is 20.0 Å². The average molecular weight is 178 g/mol. The summed E-state index contributed by atoms with van der Waals surface area (Å²) in [4.78, 5) is 3.73. The maximum Gasteiger partial charge on any atom is 0.491 e. The van der Waals surface area contributed by atoms with Crippen LogP contribution in [-0.4, -0.2) is 29.3 Å². The van der Waals surface area contributed by atoms with Crippen LogP contribution in [0.5, 0.6) is 5.88 Å². The predicted octanol–water partition coefficient (Wildman–Crippen LogP) is -1.36. The molecule has 1 rings (SSSR count). The highest BCUT2D eigenvalue weighted by Gasteiger charge is 2.17. The molecule has 5 nitrogen and oxygen atoms in total. The molecule has 0 saturated heterocycles. The molecule has 66 valence electrons. The molecule has 13 heavy (non-hydrogen) atoms. The standard InChI is InChI=1S/C7H7BN2O3/c1-13-7-3-2-5(8(11)12)6(4-9)10-7/h2-3,11-12H,1H3. The molecule has 1 aromatic rings. The van der Waals surface area contributed by atoms with E-state index in [1.54, 1.807) is 6.07 Å². The van der Waals surface area contributed by atoms with Gasteiger partial charge in [0.25, 0.3) is 0 Å². The first-order valence-corrected chi connectivity index (χ1v) is 3.50. The van der Waals surface area contributed by atoms with Crippen LogP contribution in [0.25, 0.3) is 0 Å². The number of ether oxygens (including phenoxy) is 1. The van der Waals surface area contributed by atoms with Gasteiger partial charge in [-0.25, -0.2) is 4.98 Å². The molecule has 0 amide bonds. The largest absolute Gasteiger partial charge is 0.491 e. The van der Waals surface area contributed by atoms with E-state index in [0.29, 0.717) is 0 Å². The Balaban J connectivity index is 3.18. The summed E-state index contributed by atoms with van der Waals surface area (Å²) in [5.74, 6) is 0.265. The van der Waals surface area contributed by atoms with Crippen molar-refractivity contribution in [3.8, 4) is 11.9 Å². The Hall–Kier alpha value is -1.58. The number of pyridine rings is 1. The van der Waals surface area contributed by atoms with Gasteiger partial charge >= 0.3 is 7.12 Å². The fourth-order valence-corrected chi connectivity index (χ4v) is 0.864. The van der Waals surface area contributed by atoms with Gasteiger partial charge in [0.1, 0.15) is 11.8 Å². The van der Waals surface area contributed by atoms with Crippen molar-refractivity contribution in [1.29, 1.82) is 5.26 Å². The first-order valence-electron chi connectivity index (χ1n) is 3.50. The van der Waals surface area contributed by atoms with Crippen molar-refractivity contribution in [1.82, 2.24) is 4.98 Å². The lowest BCUT2D eigenvalue weighted by atomic mass is 9.79. The van der Waals surface area contributed by atoms with Gasteiger partial charge < -0.3 is 14.8 Å². The maximum absolute atomic E-state index is 8.82. The third-order valence-corrected chi connectivity index (χ3v) is 1.49. The van der Waals surface area contributed by atoms with Gasteiger partial charge in [0.2, 0.25) is 5.88 Å². The van der Waals surface area contributed by atoms with Crippen molar-refractivity contribution >= 4 is 12.6 Å². The second-order valence-electron chi connectivity index (χ2n) is 2.28. The first-order chi connectivity index (χ1) is 6.19. The second kappa shape index (κ2) is 3.89. The van der Waals surface area contributed by atoms with E-state index in [0.717, 1.165) is 0 Å². The Labute approximate surface area is 75.4 Å². The van der Waals surface area contributed by atoms with Crippen molar-refractivity contribution in [2.75, 3.05) is 7.11 Å². The van der Waals surface area contributed by atoms with Crippen molar-refractivity contribution in [2.24, 2.45) is 0 Å². The predicted molar refractivity (Wildman–Crippen MR) is 45.3 cm³/mol. The molecule has 1 heterocycles. The van der Waals surface area contributed by atoms with Gasteiger partial charge in [-0.3, -0.25) is 0 Å². The van der Waals surface area contributed by atoms with Crippen LogP contribution in [0.3, 0.4) is 0 Å². The lowest BCUT2D eigenvalue weighted by Crippen LogP contribution is -2.33. The highest BCUT2D eigenvalue weighted by atomic mass is 16.5. The monoisotopic (exact) mass is 178 g/mol. The number of nitriles is 1. The molecule has 0 fully saturated rings. The molecular formula is C7H7BN2O3. The highest BCUT2D eigenvalue weighted by molar-refractivity contribution is 6.59. The van der Waals surface area contributed by atoms with Gasteiger partial charge in [0.15, 0.2) is 0 Å². The van der Waals surface area contributed by atoms with Gasteiger partial charge in [0, 0.05) is 11.5 Å². The smallest absolute Gasteiger partial charge is 0.481 e. The van der Waals surface area contributed by atoms with Gasteiger partial charge in [-0.05, 0) is 0 Å². The van der Waals surface area contributed by atoms with Crippen molar-refractivity contribution in [3.05, 3.63) is 17.8 Å². The summed E-state index contributed by atoms with van der Waals surface area (Å²) in [7, 11) is -0.272. The van der Waals surface area contributed by atoms with Crippen molar-refractivity contribution in [3.63, 3.8) is 0 Å². The number of hydrogen-bond donors (Lipinski definition) is 2. The van der Waals surface area contributed by atoms with Crippen LogP contribution in [0.2, 0.25) is 0 Å². The lowest BCUT2D eigenvalue weighted by molar-refractivity contribution is 0.397. The van der Waals surface area contributed by atoms with Crippen LogP contribution in [0.15, 0.2) is 12.1 Å². The molecule has 0 radical (unpaired) electrons. The van der Waals surface area contributed by atoms with Crippen LogP contribution in [0.4, 0.5) is 0 Å². The third kappa shape index (κ3) is 1.96. The van der Waals surface area contributed by atoms with E-state index in [-0.39, 0.29) is 17.0 Å². The summed E-state index contributed by atoms with van der Waals surface area (Å²) in [6.45, 7) is 0. The van der Waals surface area contributed by atoms with Crippen molar-refractivity contribution in [2.45, 2.75) is 0 Å². The molecule has 0 aliphatic rings. The van der Waals surface area contributed by atoms with Crippen LogP contribution in [-0.2, 0) is 0 Å². The molecule has 0 unspecified atom stereocenters. The van der Waals surface area contributed by atoms with E-state index < -0.39 is 7.12 Å². The van der Waals surface area contributed by atoms with Crippen molar-refractivity contribution < 1.29 is 14.8 Å². The molecule has 1 aromatic heterocycles. The second-order valence-corrected chi connectivity index (χ2v) is 2.28. The summed E-state index contributed by atoms with van der Waals surface area (Å²) in [6, 6.07) is 4.58. The van der Waals surface area contributed by atoms with Crippen LogP contribution < -0.4 is 10.2 Å². The molecule has 0 aromatic carbocycles. The van der Waals surface area contributed by atoms with Gasteiger partial charge in [-0.2, -0.15) is 5.26 Å². The van der Waals surface area contributed by atoms with E-state index in [1.165, 1.54) is 19.2 Å². The molecule has 0 bridgehead atoms. The zero-order valence-electron chi connectivity index (χ0n) is 6.93.